The molecule has 86 valence electrons. The van der Waals surface area contributed by atoms with Crippen LogP contribution in [0, 0.1) is 21.1 Å². The lowest BCUT2D eigenvalue weighted by Crippen LogP contribution is -2.34. The molecule has 0 fully saturated rings. The van der Waals surface area contributed by atoms with Crippen LogP contribution in [0.2, 0.25) is 0 Å². The van der Waals surface area contributed by atoms with Crippen molar-refractivity contribution in [3.63, 3.8) is 0 Å². The predicted molar refractivity (Wildman–Crippen MR) is 71.3 cm³/mol. The molecule has 4 nitrogen and oxygen atoms in total. The summed E-state index contributed by atoms with van der Waals surface area (Å²) in [7, 11) is 0. The van der Waals surface area contributed by atoms with Crippen LogP contribution in [0.4, 0.5) is 0 Å². The van der Waals surface area contributed by atoms with Gasteiger partial charge >= 0.3 is 0 Å². The number of rotatable bonds is 4. The zero-order valence-electron chi connectivity index (χ0n) is 9.08. The molecule has 1 atom stereocenters. The van der Waals surface area contributed by atoms with Crippen molar-refractivity contribution in [1.82, 2.24) is 9.69 Å². The van der Waals surface area contributed by atoms with E-state index >= 15 is 0 Å². The molecular formula is C10H12IN3OS. The highest BCUT2D eigenvalue weighted by molar-refractivity contribution is 14.1. The number of aryl methyl sites for hydroxylation is 1. The van der Waals surface area contributed by atoms with E-state index in [1.807, 2.05) is 6.92 Å². The van der Waals surface area contributed by atoms with E-state index < -0.39 is 6.04 Å². The van der Waals surface area contributed by atoms with Crippen LogP contribution in [-0.2, 0) is 0 Å². The summed E-state index contributed by atoms with van der Waals surface area (Å²) in [5.41, 5.74) is 1.32. The highest BCUT2D eigenvalue weighted by Crippen LogP contribution is 2.20. The second-order valence-electron chi connectivity index (χ2n) is 3.36. The number of nitriles is 1. The average molecular weight is 349 g/mol. The Labute approximate surface area is 112 Å². The molecule has 1 unspecified atom stereocenters. The quantitative estimate of drug-likeness (QED) is 0.850. The molecule has 1 rings (SSSR count). The van der Waals surface area contributed by atoms with Gasteiger partial charge in [-0.1, -0.05) is 13.3 Å². The lowest BCUT2D eigenvalue weighted by Gasteiger charge is -2.09. The summed E-state index contributed by atoms with van der Waals surface area (Å²) in [5.74, 6) is -0.198. The fraction of sp³-hybridized carbons (Fsp3) is 0.500. The minimum absolute atomic E-state index is 0.198. The van der Waals surface area contributed by atoms with Crippen LogP contribution in [0.3, 0.4) is 0 Å². The first-order chi connectivity index (χ1) is 7.60. The number of amides is 1. The van der Waals surface area contributed by atoms with Crippen molar-refractivity contribution in [2.24, 2.45) is 0 Å². The first-order valence-electron chi connectivity index (χ1n) is 4.92. The van der Waals surface area contributed by atoms with Gasteiger partial charge in [0.25, 0.3) is 5.91 Å². The van der Waals surface area contributed by atoms with Crippen LogP contribution < -0.4 is 5.32 Å². The third-order valence-electron chi connectivity index (χ3n) is 2.09. The predicted octanol–water partition coefficient (Wildman–Crippen LogP) is 2.48. The van der Waals surface area contributed by atoms with Crippen LogP contribution in [0.25, 0.3) is 0 Å². The third kappa shape index (κ3) is 3.15. The summed E-state index contributed by atoms with van der Waals surface area (Å²) in [4.78, 5) is 11.9. The summed E-state index contributed by atoms with van der Waals surface area (Å²) in [6.07, 6.45) is 1.55. The molecule has 0 aliphatic carbocycles. The Morgan fingerprint density at radius 2 is 2.44 bits per heavy atom. The van der Waals surface area contributed by atoms with Gasteiger partial charge in [-0.25, -0.2) is 0 Å². The first kappa shape index (κ1) is 13.4. The molecule has 0 aliphatic heterocycles. The number of nitrogens with one attached hydrogen (secondary N) is 1. The third-order valence-corrected chi connectivity index (χ3v) is 3.95. The van der Waals surface area contributed by atoms with E-state index in [2.05, 4.69) is 38.4 Å². The van der Waals surface area contributed by atoms with Crippen LogP contribution >= 0.6 is 34.1 Å². The number of hydrogen-bond acceptors (Lipinski definition) is 4. The van der Waals surface area contributed by atoms with E-state index in [4.69, 9.17) is 5.26 Å². The largest absolute Gasteiger partial charge is 0.336 e. The van der Waals surface area contributed by atoms with Crippen molar-refractivity contribution in [3.8, 4) is 6.07 Å². The lowest BCUT2D eigenvalue weighted by atomic mass is 10.1. The van der Waals surface area contributed by atoms with Gasteiger partial charge in [-0.3, -0.25) is 4.79 Å². The van der Waals surface area contributed by atoms with Crippen molar-refractivity contribution in [3.05, 3.63) is 14.1 Å². The highest BCUT2D eigenvalue weighted by atomic mass is 127. The normalized spacial score (nSPS) is 11.9. The summed E-state index contributed by atoms with van der Waals surface area (Å²) in [6, 6.07) is 1.67. The standard InChI is InChI=1S/C10H12IN3OS/c1-3-4-7(5-12)13-10(15)8-6(2)14-16-9(8)11/h7H,3-4H2,1-2H3,(H,13,15). The van der Waals surface area contributed by atoms with E-state index in [0.717, 1.165) is 15.0 Å². The molecule has 0 bridgehead atoms. The lowest BCUT2D eigenvalue weighted by molar-refractivity contribution is 0.0942. The van der Waals surface area contributed by atoms with Gasteiger partial charge in [0, 0.05) is 0 Å². The van der Waals surface area contributed by atoms with Crippen LogP contribution in [0.15, 0.2) is 0 Å². The highest BCUT2D eigenvalue weighted by Gasteiger charge is 2.19. The van der Waals surface area contributed by atoms with E-state index in [0.29, 0.717) is 12.0 Å². The Balaban J connectivity index is 2.76. The number of hydrogen-bond donors (Lipinski definition) is 1. The molecule has 1 amide bonds. The van der Waals surface area contributed by atoms with Crippen molar-refractivity contribution in [2.75, 3.05) is 0 Å². The molecule has 0 aliphatic rings. The van der Waals surface area contributed by atoms with Gasteiger partial charge in [0.05, 0.1) is 20.2 Å². The fourth-order valence-corrected chi connectivity index (χ4v) is 2.85. The van der Waals surface area contributed by atoms with Gasteiger partial charge < -0.3 is 5.32 Å². The molecule has 16 heavy (non-hydrogen) atoms. The van der Waals surface area contributed by atoms with Gasteiger partial charge in [-0.05, 0) is 47.5 Å². The summed E-state index contributed by atoms with van der Waals surface area (Å²) in [6.45, 7) is 3.78. The molecule has 6 heteroatoms. The van der Waals surface area contributed by atoms with E-state index in [1.54, 1.807) is 6.92 Å². The van der Waals surface area contributed by atoms with Crippen molar-refractivity contribution in [2.45, 2.75) is 32.7 Å². The maximum Gasteiger partial charge on any atom is 0.256 e. The van der Waals surface area contributed by atoms with E-state index in [-0.39, 0.29) is 5.91 Å². The number of aromatic nitrogens is 1. The molecule has 1 aromatic rings. The molecule has 1 aromatic heterocycles. The van der Waals surface area contributed by atoms with Gasteiger partial charge in [0.2, 0.25) is 0 Å². The molecular weight excluding hydrogens is 337 g/mol. The van der Waals surface area contributed by atoms with Crippen molar-refractivity contribution < 1.29 is 4.79 Å². The zero-order valence-corrected chi connectivity index (χ0v) is 12.1. The Morgan fingerprint density at radius 3 is 2.88 bits per heavy atom. The van der Waals surface area contributed by atoms with Gasteiger partial charge in [-0.15, -0.1) is 0 Å². The van der Waals surface area contributed by atoms with Crippen molar-refractivity contribution >= 4 is 40.0 Å². The molecule has 0 saturated carbocycles. The first-order valence-corrected chi connectivity index (χ1v) is 6.77. The van der Waals surface area contributed by atoms with Crippen LogP contribution in [0.1, 0.15) is 35.8 Å². The number of halogens is 1. The Hall–Kier alpha value is -0.680. The summed E-state index contributed by atoms with van der Waals surface area (Å²) in [5, 5.41) is 11.6. The molecule has 1 heterocycles. The van der Waals surface area contributed by atoms with Gasteiger partial charge in [0.15, 0.2) is 0 Å². The molecule has 0 saturated heterocycles. The second kappa shape index (κ2) is 6.15. The molecule has 1 N–H and O–H groups in total. The Morgan fingerprint density at radius 1 is 1.75 bits per heavy atom. The maximum atomic E-state index is 11.9. The monoisotopic (exact) mass is 349 g/mol. The van der Waals surface area contributed by atoms with E-state index in [9.17, 15) is 4.79 Å². The molecule has 0 spiro atoms. The number of nitrogens with zero attached hydrogens (tertiary/aromatic N) is 2. The van der Waals surface area contributed by atoms with Crippen LogP contribution in [0.5, 0.6) is 0 Å². The minimum atomic E-state index is -0.410. The topological polar surface area (TPSA) is 65.8 Å². The fourth-order valence-electron chi connectivity index (χ4n) is 1.28. The smallest absolute Gasteiger partial charge is 0.256 e. The Bertz CT molecular complexity index is 405. The minimum Gasteiger partial charge on any atom is -0.336 e. The van der Waals surface area contributed by atoms with Crippen LogP contribution in [-0.4, -0.2) is 16.3 Å². The summed E-state index contributed by atoms with van der Waals surface area (Å²) >= 11 is 3.39. The van der Waals surface area contributed by atoms with Gasteiger partial charge in [-0.2, -0.15) is 9.64 Å². The second-order valence-corrected chi connectivity index (χ2v) is 5.94. The number of carbonyl (C=O) groups excluding carboxylic acids is 1. The maximum absolute atomic E-state index is 11.9. The summed E-state index contributed by atoms with van der Waals surface area (Å²) < 4.78 is 4.97. The zero-order chi connectivity index (χ0) is 12.1. The van der Waals surface area contributed by atoms with Crippen molar-refractivity contribution in [1.29, 1.82) is 5.26 Å². The Kier molecular flexibility index (Phi) is 5.15. The average Bonchev–Trinajstić information content (AvgIpc) is 2.57. The SMILES string of the molecule is CCCC(C#N)NC(=O)c1c(C)nsc1I. The van der Waals surface area contributed by atoms with Gasteiger partial charge in [0.1, 0.15) is 6.04 Å². The van der Waals surface area contributed by atoms with E-state index in [1.165, 1.54) is 11.5 Å². The molecule has 0 aromatic carbocycles. The molecule has 0 radical (unpaired) electrons. The number of carbonyl (C=O) groups is 1.